The Morgan fingerprint density at radius 3 is 2.43 bits per heavy atom. The molecule has 3 nitrogen and oxygen atoms in total. The van der Waals surface area contributed by atoms with Gasteiger partial charge >= 0.3 is 0 Å². The molecule has 0 amide bonds. The van der Waals surface area contributed by atoms with Crippen LogP contribution in [0.1, 0.15) is 37.4 Å². The predicted octanol–water partition coefficient (Wildman–Crippen LogP) is 3.84. The lowest BCUT2D eigenvalue weighted by Gasteiger charge is -2.17. The second kappa shape index (κ2) is 5.30. The van der Waals surface area contributed by atoms with E-state index in [1.165, 1.54) is 6.07 Å². The van der Waals surface area contributed by atoms with Crippen molar-refractivity contribution in [2.75, 3.05) is 0 Å². The van der Waals surface area contributed by atoms with Gasteiger partial charge in [0.1, 0.15) is 17.7 Å². The fraction of sp³-hybridized carbons (Fsp3) is 0.235. The molecule has 4 heteroatoms. The van der Waals surface area contributed by atoms with Crippen molar-refractivity contribution in [3.05, 3.63) is 65.7 Å². The Labute approximate surface area is 122 Å². The SMILES string of the molecule is CC(C)n1c(C(O)c2ccccc2F)nc2ccccc21. The summed E-state index contributed by atoms with van der Waals surface area (Å²) in [7, 11) is 0. The number of nitrogens with zero attached hydrogens (tertiary/aromatic N) is 2. The quantitative estimate of drug-likeness (QED) is 0.793. The van der Waals surface area contributed by atoms with Crippen molar-refractivity contribution < 1.29 is 9.50 Å². The maximum Gasteiger partial charge on any atom is 0.143 e. The molecule has 21 heavy (non-hydrogen) atoms. The second-order valence-corrected chi connectivity index (χ2v) is 5.35. The molecule has 0 radical (unpaired) electrons. The van der Waals surface area contributed by atoms with Crippen molar-refractivity contribution in [2.45, 2.75) is 26.0 Å². The van der Waals surface area contributed by atoms with Crippen LogP contribution in [0.3, 0.4) is 0 Å². The van der Waals surface area contributed by atoms with Crippen molar-refractivity contribution in [2.24, 2.45) is 0 Å². The summed E-state index contributed by atoms with van der Waals surface area (Å²) in [4.78, 5) is 4.50. The summed E-state index contributed by atoms with van der Waals surface area (Å²) in [5.41, 5.74) is 1.99. The number of fused-ring (bicyclic) bond motifs is 1. The first-order chi connectivity index (χ1) is 10.1. The number of hydrogen-bond donors (Lipinski definition) is 1. The molecule has 1 unspecified atom stereocenters. The van der Waals surface area contributed by atoms with Crippen LogP contribution in [0.15, 0.2) is 48.5 Å². The van der Waals surface area contributed by atoms with Gasteiger partial charge in [-0.2, -0.15) is 0 Å². The molecule has 0 bridgehead atoms. The number of aliphatic hydroxyl groups excluding tert-OH is 1. The molecular weight excluding hydrogens is 267 g/mol. The van der Waals surface area contributed by atoms with Gasteiger partial charge in [0.15, 0.2) is 0 Å². The minimum Gasteiger partial charge on any atom is -0.380 e. The molecule has 3 rings (SSSR count). The number of aromatic nitrogens is 2. The molecule has 2 aromatic carbocycles. The molecule has 0 aliphatic carbocycles. The summed E-state index contributed by atoms with van der Waals surface area (Å²) in [5.74, 6) is 0.0451. The maximum atomic E-state index is 13.9. The van der Waals surface area contributed by atoms with Crippen LogP contribution in [0.25, 0.3) is 11.0 Å². The fourth-order valence-corrected chi connectivity index (χ4v) is 2.63. The number of para-hydroxylation sites is 2. The van der Waals surface area contributed by atoms with Gasteiger partial charge in [-0.1, -0.05) is 30.3 Å². The van der Waals surface area contributed by atoms with E-state index >= 15 is 0 Å². The lowest BCUT2D eigenvalue weighted by molar-refractivity contribution is 0.198. The minimum atomic E-state index is -1.08. The zero-order valence-electron chi connectivity index (χ0n) is 12.0. The Hall–Kier alpha value is -2.20. The third-order valence-electron chi connectivity index (χ3n) is 3.58. The van der Waals surface area contributed by atoms with Crippen molar-refractivity contribution in [3.8, 4) is 0 Å². The fourth-order valence-electron chi connectivity index (χ4n) is 2.63. The first-order valence-electron chi connectivity index (χ1n) is 6.99. The molecular formula is C17H17FN2O. The van der Waals surface area contributed by atoms with E-state index in [0.29, 0.717) is 5.82 Å². The van der Waals surface area contributed by atoms with E-state index in [4.69, 9.17) is 0 Å². The summed E-state index contributed by atoms with van der Waals surface area (Å²) in [5, 5.41) is 10.6. The molecule has 108 valence electrons. The number of aliphatic hydroxyl groups is 1. The predicted molar refractivity (Wildman–Crippen MR) is 80.6 cm³/mol. The Morgan fingerprint density at radius 1 is 1.05 bits per heavy atom. The number of hydrogen-bond acceptors (Lipinski definition) is 2. The molecule has 1 aromatic heterocycles. The molecule has 0 saturated carbocycles. The van der Waals surface area contributed by atoms with E-state index in [-0.39, 0.29) is 11.6 Å². The Kier molecular flexibility index (Phi) is 3.47. The van der Waals surface area contributed by atoms with Gasteiger partial charge in [0.05, 0.1) is 11.0 Å². The highest BCUT2D eigenvalue weighted by atomic mass is 19.1. The van der Waals surface area contributed by atoms with Crippen molar-refractivity contribution >= 4 is 11.0 Å². The monoisotopic (exact) mass is 284 g/mol. The maximum absolute atomic E-state index is 13.9. The van der Waals surface area contributed by atoms with E-state index in [9.17, 15) is 9.50 Å². The summed E-state index contributed by atoms with van der Waals surface area (Å²) in [6, 6.07) is 14.1. The first-order valence-corrected chi connectivity index (χ1v) is 6.99. The topological polar surface area (TPSA) is 38.0 Å². The Bertz CT molecular complexity index is 779. The van der Waals surface area contributed by atoms with E-state index in [0.717, 1.165) is 11.0 Å². The molecule has 0 fully saturated rings. The van der Waals surface area contributed by atoms with Gasteiger partial charge in [0, 0.05) is 11.6 Å². The van der Waals surface area contributed by atoms with Crippen LogP contribution in [0, 0.1) is 5.82 Å². The third kappa shape index (κ3) is 2.32. The molecule has 0 aliphatic rings. The highest BCUT2D eigenvalue weighted by Gasteiger charge is 2.23. The number of halogens is 1. The average molecular weight is 284 g/mol. The molecule has 1 heterocycles. The number of benzene rings is 2. The first kappa shape index (κ1) is 13.8. The van der Waals surface area contributed by atoms with E-state index < -0.39 is 11.9 Å². The zero-order chi connectivity index (χ0) is 15.0. The van der Waals surface area contributed by atoms with Crippen LogP contribution < -0.4 is 0 Å². The van der Waals surface area contributed by atoms with Crippen LogP contribution >= 0.6 is 0 Å². The highest BCUT2D eigenvalue weighted by molar-refractivity contribution is 5.76. The van der Waals surface area contributed by atoms with E-state index in [1.54, 1.807) is 18.2 Å². The van der Waals surface area contributed by atoms with Gasteiger partial charge in [-0.3, -0.25) is 0 Å². The average Bonchev–Trinajstić information content (AvgIpc) is 2.86. The summed E-state index contributed by atoms with van der Waals surface area (Å²) in [6.07, 6.45) is -1.08. The smallest absolute Gasteiger partial charge is 0.143 e. The summed E-state index contributed by atoms with van der Waals surface area (Å²) >= 11 is 0. The molecule has 1 atom stereocenters. The van der Waals surface area contributed by atoms with E-state index in [1.807, 2.05) is 42.7 Å². The van der Waals surface area contributed by atoms with Gasteiger partial charge in [-0.25, -0.2) is 9.37 Å². The van der Waals surface area contributed by atoms with Gasteiger partial charge in [-0.15, -0.1) is 0 Å². The van der Waals surface area contributed by atoms with Crippen LogP contribution in [0.5, 0.6) is 0 Å². The Balaban J connectivity index is 2.20. The van der Waals surface area contributed by atoms with Crippen molar-refractivity contribution in [1.82, 2.24) is 9.55 Å². The van der Waals surface area contributed by atoms with E-state index in [2.05, 4.69) is 4.98 Å². The zero-order valence-corrected chi connectivity index (χ0v) is 12.0. The van der Waals surface area contributed by atoms with Crippen LogP contribution in [-0.4, -0.2) is 14.7 Å². The highest BCUT2D eigenvalue weighted by Crippen LogP contribution is 2.29. The van der Waals surface area contributed by atoms with Crippen LogP contribution in [0.2, 0.25) is 0 Å². The third-order valence-corrected chi connectivity index (χ3v) is 3.58. The standard InChI is InChI=1S/C17H17FN2O/c1-11(2)20-15-10-6-5-9-14(15)19-17(20)16(21)12-7-3-4-8-13(12)18/h3-11,16,21H,1-2H3. The van der Waals surface area contributed by atoms with Gasteiger partial charge < -0.3 is 9.67 Å². The van der Waals surface area contributed by atoms with Crippen LogP contribution in [-0.2, 0) is 0 Å². The van der Waals surface area contributed by atoms with Crippen molar-refractivity contribution in [3.63, 3.8) is 0 Å². The second-order valence-electron chi connectivity index (χ2n) is 5.35. The number of rotatable bonds is 3. The van der Waals surface area contributed by atoms with Gasteiger partial charge in [0.25, 0.3) is 0 Å². The molecule has 0 spiro atoms. The van der Waals surface area contributed by atoms with Gasteiger partial charge in [0.2, 0.25) is 0 Å². The number of imidazole rings is 1. The molecule has 3 aromatic rings. The normalized spacial score (nSPS) is 13.0. The van der Waals surface area contributed by atoms with Crippen LogP contribution in [0.4, 0.5) is 4.39 Å². The van der Waals surface area contributed by atoms with Gasteiger partial charge in [-0.05, 0) is 32.0 Å². The summed E-state index contributed by atoms with van der Waals surface area (Å²) in [6.45, 7) is 4.04. The molecule has 0 aliphatic heterocycles. The van der Waals surface area contributed by atoms with Crippen molar-refractivity contribution in [1.29, 1.82) is 0 Å². The lowest BCUT2D eigenvalue weighted by atomic mass is 10.1. The molecule has 0 saturated heterocycles. The largest absolute Gasteiger partial charge is 0.380 e. The Morgan fingerprint density at radius 2 is 1.71 bits per heavy atom. The summed E-state index contributed by atoms with van der Waals surface area (Å²) < 4.78 is 15.9. The minimum absolute atomic E-state index is 0.119. The lowest BCUT2D eigenvalue weighted by Crippen LogP contribution is -2.13. The molecule has 1 N–H and O–H groups in total.